The minimum atomic E-state index is -4.69. The van der Waals surface area contributed by atoms with Crippen LogP contribution in [0.15, 0.2) is 35.7 Å². The molecule has 4 aliphatic rings. The fourth-order valence-electron chi connectivity index (χ4n) is 6.87. The number of amides is 4. The Kier molecular flexibility index (Phi) is 10.5. The summed E-state index contributed by atoms with van der Waals surface area (Å²) in [5.74, 6) is -4.22. The van der Waals surface area contributed by atoms with Gasteiger partial charge in [0.05, 0.1) is 34.0 Å². The highest BCUT2D eigenvalue weighted by Crippen LogP contribution is 2.47. The lowest BCUT2D eigenvalue weighted by Gasteiger charge is -2.26. The number of alkyl halides is 3. The van der Waals surface area contributed by atoms with Crippen LogP contribution in [0.2, 0.25) is 0 Å². The van der Waals surface area contributed by atoms with E-state index in [0.29, 0.717) is 37.2 Å². The Labute approximate surface area is 304 Å². The van der Waals surface area contributed by atoms with E-state index < -0.39 is 74.3 Å². The predicted octanol–water partition coefficient (Wildman–Crippen LogP) is 5.58. The number of carbonyl (C=O) groups is 4. The molecular formula is C35H42F3N5O7S2. The maximum Gasteiger partial charge on any atom is 0.416 e. The first-order valence-electron chi connectivity index (χ1n) is 17.4. The zero-order valence-electron chi connectivity index (χ0n) is 29.0. The first kappa shape index (κ1) is 37.8. The van der Waals surface area contributed by atoms with Gasteiger partial charge in [0.25, 0.3) is 5.91 Å². The average molecular weight is 766 g/mol. The van der Waals surface area contributed by atoms with Crippen molar-refractivity contribution in [3.05, 3.63) is 47.0 Å². The summed E-state index contributed by atoms with van der Waals surface area (Å²) in [6.45, 7) is 4.28. The van der Waals surface area contributed by atoms with Gasteiger partial charge in [-0.2, -0.15) is 13.2 Å². The molecule has 1 aliphatic heterocycles. The standard InChI is InChI=1S/C35H42F3N5O7S2/c1-19(2)28-18-51-30(39-28)24-12-9-20(35(36,37)38)14-27(24)40-33(47)50-22-15-25-26(16-22)31(45)43(3)13-7-5-4-6-8-21-17-34(21,41-29(25)44)32(46)42-52(48,49)23-10-11-23/h6,8-9,12,14,18-19,21-23,25-26H,4-5,7,10-11,13,15-17H2,1-3H3,(H,40,47)(H,41,44)(H,42,46)/b8-6-. The summed E-state index contributed by atoms with van der Waals surface area (Å²) < 4.78 is 74.3. The number of allylic oxidation sites excluding steroid dienone is 1. The molecule has 52 heavy (non-hydrogen) atoms. The molecule has 4 amide bonds. The second-order valence-corrected chi connectivity index (χ2v) is 17.3. The molecule has 0 bridgehead atoms. The molecule has 12 nitrogen and oxygen atoms in total. The molecule has 0 radical (unpaired) electrons. The van der Waals surface area contributed by atoms with Crippen LogP contribution in [0.4, 0.5) is 23.7 Å². The molecule has 0 spiro atoms. The van der Waals surface area contributed by atoms with Crippen molar-refractivity contribution in [2.75, 3.05) is 18.9 Å². The van der Waals surface area contributed by atoms with Gasteiger partial charge in [0.1, 0.15) is 16.7 Å². The van der Waals surface area contributed by atoms with Crippen molar-refractivity contribution >= 4 is 50.9 Å². The summed E-state index contributed by atoms with van der Waals surface area (Å²) in [6, 6.07) is 2.95. The highest BCUT2D eigenvalue weighted by atomic mass is 32.2. The van der Waals surface area contributed by atoms with Gasteiger partial charge >= 0.3 is 12.3 Å². The Bertz CT molecular complexity index is 1880. The van der Waals surface area contributed by atoms with Crippen LogP contribution in [0.1, 0.15) is 82.4 Å². The van der Waals surface area contributed by atoms with Crippen molar-refractivity contribution in [2.24, 2.45) is 17.8 Å². The molecule has 5 atom stereocenters. The highest BCUT2D eigenvalue weighted by molar-refractivity contribution is 7.91. The minimum Gasteiger partial charge on any atom is -0.446 e. The van der Waals surface area contributed by atoms with Crippen molar-refractivity contribution in [1.82, 2.24) is 19.9 Å². The monoisotopic (exact) mass is 765 g/mol. The fourth-order valence-corrected chi connectivity index (χ4v) is 9.25. The van der Waals surface area contributed by atoms with E-state index in [1.807, 2.05) is 26.0 Å². The van der Waals surface area contributed by atoms with E-state index in [0.717, 1.165) is 24.2 Å². The molecule has 3 aliphatic carbocycles. The van der Waals surface area contributed by atoms with Gasteiger partial charge < -0.3 is 15.0 Å². The zero-order valence-corrected chi connectivity index (χ0v) is 30.6. The maximum atomic E-state index is 14.0. The molecule has 3 fully saturated rings. The Balaban J connectivity index is 1.22. The van der Waals surface area contributed by atoms with Crippen molar-refractivity contribution in [1.29, 1.82) is 0 Å². The second kappa shape index (κ2) is 14.4. The van der Waals surface area contributed by atoms with E-state index in [9.17, 15) is 40.8 Å². The van der Waals surface area contributed by atoms with Crippen LogP contribution in [-0.2, 0) is 35.3 Å². The average Bonchev–Trinajstić information content (AvgIpc) is 3.94. The number of ether oxygens (including phenoxy) is 1. The topological polar surface area (TPSA) is 164 Å². The molecule has 6 rings (SSSR count). The lowest BCUT2D eigenvalue weighted by molar-refractivity contribution is -0.140. The normalized spacial score (nSPS) is 27.6. The molecule has 1 aromatic heterocycles. The Morgan fingerprint density at radius 3 is 2.54 bits per heavy atom. The summed E-state index contributed by atoms with van der Waals surface area (Å²) in [6.07, 6.45) is -0.0628. The first-order chi connectivity index (χ1) is 24.5. The van der Waals surface area contributed by atoms with Crippen LogP contribution in [0, 0.1) is 17.8 Å². The Morgan fingerprint density at radius 1 is 1.13 bits per heavy atom. The van der Waals surface area contributed by atoms with Gasteiger partial charge in [-0.25, -0.2) is 18.2 Å². The number of sulfonamides is 1. The van der Waals surface area contributed by atoms with E-state index in [4.69, 9.17) is 4.74 Å². The number of hydrogen-bond acceptors (Lipinski definition) is 9. The van der Waals surface area contributed by atoms with Gasteiger partial charge in [0, 0.05) is 30.5 Å². The number of benzene rings is 1. The van der Waals surface area contributed by atoms with Gasteiger partial charge in [-0.15, -0.1) is 11.3 Å². The van der Waals surface area contributed by atoms with E-state index >= 15 is 0 Å². The molecule has 3 saturated carbocycles. The smallest absolute Gasteiger partial charge is 0.416 e. The molecule has 3 N–H and O–H groups in total. The number of fused-ring (bicyclic) bond motifs is 2. The van der Waals surface area contributed by atoms with Crippen LogP contribution in [0.25, 0.3) is 10.6 Å². The lowest BCUT2D eigenvalue weighted by atomic mass is 9.93. The fraction of sp³-hybridized carbons (Fsp3) is 0.571. The van der Waals surface area contributed by atoms with Crippen LogP contribution in [-0.4, -0.2) is 72.6 Å². The maximum absolute atomic E-state index is 14.0. The third-order valence-electron chi connectivity index (χ3n) is 10.2. The number of nitrogens with one attached hydrogen (secondary N) is 3. The number of rotatable bonds is 7. The van der Waals surface area contributed by atoms with Crippen LogP contribution in [0.5, 0.6) is 0 Å². The summed E-state index contributed by atoms with van der Waals surface area (Å²) in [7, 11) is -2.29. The Morgan fingerprint density at radius 2 is 1.87 bits per heavy atom. The van der Waals surface area contributed by atoms with Crippen molar-refractivity contribution in [2.45, 2.75) is 94.2 Å². The second-order valence-electron chi connectivity index (χ2n) is 14.5. The number of hydrogen-bond donors (Lipinski definition) is 3. The molecule has 282 valence electrons. The number of thiazole rings is 1. The SMILES string of the molecule is CC(C)c1csc(-c2ccc(C(F)(F)F)cc2NC(=O)OC2CC3C(=O)NC4(C(=O)NS(=O)(=O)C5CC5)CC4/C=C\CCCCN(C)C(=O)C3C2)n1. The first-order valence-corrected chi connectivity index (χ1v) is 19.9. The van der Waals surface area contributed by atoms with Crippen LogP contribution in [0.3, 0.4) is 0 Å². The molecule has 0 saturated heterocycles. The number of nitrogens with zero attached hydrogens (tertiary/aromatic N) is 2. The molecule has 1 aromatic carbocycles. The minimum absolute atomic E-state index is 0.0487. The van der Waals surface area contributed by atoms with Crippen molar-refractivity contribution in [3.63, 3.8) is 0 Å². The molecule has 2 aromatic rings. The summed E-state index contributed by atoms with van der Waals surface area (Å²) in [5.41, 5.74) is -1.68. The number of halogens is 3. The van der Waals surface area contributed by atoms with E-state index in [2.05, 4.69) is 20.3 Å². The summed E-state index contributed by atoms with van der Waals surface area (Å²) in [5, 5.41) is 6.75. The van der Waals surface area contributed by atoms with Gasteiger partial charge in [-0.1, -0.05) is 26.0 Å². The van der Waals surface area contributed by atoms with E-state index in [-0.39, 0.29) is 42.3 Å². The number of anilines is 1. The molecule has 5 unspecified atom stereocenters. The van der Waals surface area contributed by atoms with E-state index in [1.54, 1.807) is 12.4 Å². The number of carbonyl (C=O) groups excluding carboxylic acids is 4. The Hall–Kier alpha value is -3.99. The lowest BCUT2D eigenvalue weighted by Crippen LogP contribution is -2.54. The molecule has 2 heterocycles. The third kappa shape index (κ3) is 8.14. The van der Waals surface area contributed by atoms with Crippen molar-refractivity contribution in [3.8, 4) is 10.6 Å². The van der Waals surface area contributed by atoms with Gasteiger partial charge in [-0.3, -0.25) is 24.4 Å². The quantitative estimate of drug-likeness (QED) is 0.308. The highest BCUT2D eigenvalue weighted by Gasteiger charge is 2.62. The molecular weight excluding hydrogens is 724 g/mol. The largest absolute Gasteiger partial charge is 0.446 e. The van der Waals surface area contributed by atoms with E-state index in [1.165, 1.54) is 22.3 Å². The third-order valence-corrected chi connectivity index (χ3v) is 12.9. The van der Waals surface area contributed by atoms with Crippen molar-refractivity contribution < 1.29 is 45.5 Å². The van der Waals surface area contributed by atoms with Gasteiger partial charge in [0.2, 0.25) is 21.8 Å². The zero-order chi connectivity index (χ0) is 37.6. The summed E-state index contributed by atoms with van der Waals surface area (Å²) >= 11 is 1.22. The predicted molar refractivity (Wildman–Crippen MR) is 186 cm³/mol. The molecule has 17 heteroatoms. The van der Waals surface area contributed by atoms with Crippen LogP contribution >= 0.6 is 11.3 Å². The summed E-state index contributed by atoms with van der Waals surface area (Å²) in [4.78, 5) is 60.5. The van der Waals surface area contributed by atoms with Gasteiger partial charge in [0.15, 0.2) is 0 Å². The van der Waals surface area contributed by atoms with Crippen LogP contribution < -0.4 is 15.4 Å². The number of aromatic nitrogens is 1. The van der Waals surface area contributed by atoms with Gasteiger partial charge in [-0.05, 0) is 75.5 Å².